The van der Waals surface area contributed by atoms with E-state index in [4.69, 9.17) is 5.11 Å². The molecule has 5 nitrogen and oxygen atoms in total. The van der Waals surface area contributed by atoms with Crippen LogP contribution in [0.2, 0.25) is 0 Å². The van der Waals surface area contributed by atoms with Crippen molar-refractivity contribution >= 4 is 17.5 Å². The summed E-state index contributed by atoms with van der Waals surface area (Å²) < 4.78 is 0. The predicted octanol–water partition coefficient (Wildman–Crippen LogP) is 1.81. The molecule has 1 rings (SSSR count). The fourth-order valence-electron chi connectivity index (χ4n) is 1.95. The quantitative estimate of drug-likeness (QED) is 0.741. The van der Waals surface area contributed by atoms with Gasteiger partial charge in [-0.25, -0.2) is 0 Å². The molecule has 0 spiro atoms. The van der Waals surface area contributed by atoms with Crippen molar-refractivity contribution in [3.63, 3.8) is 0 Å². The first kappa shape index (κ1) is 17.2. The van der Waals surface area contributed by atoms with Crippen molar-refractivity contribution in [3.8, 4) is 0 Å². The minimum atomic E-state index is -0.736. The van der Waals surface area contributed by atoms with Gasteiger partial charge in [-0.1, -0.05) is 45.9 Å². The average Bonchev–Trinajstić information content (AvgIpc) is 2.43. The zero-order valence-electron chi connectivity index (χ0n) is 13.1. The number of para-hydroxylation sites is 1. The Labute approximate surface area is 125 Å². The van der Waals surface area contributed by atoms with E-state index in [1.165, 1.54) is 0 Å². The first-order chi connectivity index (χ1) is 9.79. The number of hydrogen-bond acceptors (Lipinski definition) is 3. The molecule has 0 aliphatic heterocycles. The lowest BCUT2D eigenvalue weighted by atomic mass is 9.86. The van der Waals surface area contributed by atoms with Crippen LogP contribution in [0.1, 0.15) is 39.7 Å². The number of aliphatic hydroxyl groups is 1. The Morgan fingerprint density at radius 2 is 1.81 bits per heavy atom. The van der Waals surface area contributed by atoms with E-state index in [1.807, 2.05) is 45.9 Å². The molecular weight excluding hydrogens is 268 g/mol. The molecule has 1 atom stereocenters. The molecule has 5 heteroatoms. The average molecular weight is 292 g/mol. The number of carbonyl (C=O) groups is 2. The van der Waals surface area contributed by atoms with Crippen LogP contribution in [0, 0.1) is 0 Å². The Morgan fingerprint density at radius 3 is 2.33 bits per heavy atom. The zero-order chi connectivity index (χ0) is 16.0. The van der Waals surface area contributed by atoms with E-state index in [9.17, 15) is 9.59 Å². The molecule has 3 N–H and O–H groups in total. The highest BCUT2D eigenvalue weighted by atomic mass is 16.3. The molecule has 21 heavy (non-hydrogen) atoms. The van der Waals surface area contributed by atoms with Crippen LogP contribution in [-0.4, -0.2) is 29.6 Å². The molecule has 0 aromatic heterocycles. The monoisotopic (exact) mass is 292 g/mol. The Morgan fingerprint density at radius 1 is 1.19 bits per heavy atom. The van der Waals surface area contributed by atoms with Gasteiger partial charge >= 0.3 is 11.8 Å². The predicted molar refractivity (Wildman–Crippen MR) is 83.1 cm³/mol. The normalized spacial score (nSPS) is 12.6. The number of rotatable bonds is 4. The Hall–Kier alpha value is -1.88. The number of benzene rings is 1. The smallest absolute Gasteiger partial charge is 0.313 e. The number of nitrogens with one attached hydrogen (secondary N) is 2. The summed E-state index contributed by atoms with van der Waals surface area (Å²) in [4.78, 5) is 23.8. The fraction of sp³-hybridized carbons (Fsp3) is 0.500. The highest BCUT2D eigenvalue weighted by Gasteiger charge is 2.22. The standard InChI is InChI=1S/C16H24N2O3/c1-5-11(10-19)17-14(20)15(21)18-13-9-7-6-8-12(13)16(2,3)4/h6-9,11,19H,5,10H2,1-4H3,(H,17,20)(H,18,21). The van der Waals surface area contributed by atoms with Crippen molar-refractivity contribution in [1.82, 2.24) is 5.32 Å². The number of aliphatic hydroxyl groups excluding tert-OH is 1. The number of hydrogen-bond donors (Lipinski definition) is 3. The van der Waals surface area contributed by atoms with Gasteiger partial charge in [-0.05, 0) is 23.5 Å². The summed E-state index contributed by atoms with van der Waals surface area (Å²) in [5.41, 5.74) is 1.44. The maximum atomic E-state index is 12.0. The number of carbonyl (C=O) groups excluding carboxylic acids is 2. The molecule has 1 unspecified atom stereocenters. The molecular formula is C16H24N2O3. The summed E-state index contributed by atoms with van der Waals surface area (Å²) >= 11 is 0. The van der Waals surface area contributed by atoms with E-state index < -0.39 is 17.9 Å². The minimum absolute atomic E-state index is 0.141. The molecule has 1 aromatic rings. The molecule has 1 aromatic carbocycles. The fourth-order valence-corrected chi connectivity index (χ4v) is 1.95. The maximum absolute atomic E-state index is 12.0. The summed E-state index contributed by atoms with van der Waals surface area (Å²) in [6, 6.07) is 7.01. The SMILES string of the molecule is CCC(CO)NC(=O)C(=O)Nc1ccccc1C(C)(C)C. The Bertz CT molecular complexity index is 502. The Kier molecular flexibility index (Phi) is 5.90. The van der Waals surface area contributed by atoms with E-state index in [0.717, 1.165) is 5.56 Å². The molecule has 0 fully saturated rings. The van der Waals surface area contributed by atoms with Gasteiger partial charge in [-0.15, -0.1) is 0 Å². The van der Waals surface area contributed by atoms with Gasteiger partial charge in [0.15, 0.2) is 0 Å². The van der Waals surface area contributed by atoms with E-state index in [1.54, 1.807) is 6.07 Å². The summed E-state index contributed by atoms with van der Waals surface area (Å²) in [5, 5.41) is 14.2. The molecule has 2 amide bonds. The van der Waals surface area contributed by atoms with Crippen LogP contribution >= 0.6 is 0 Å². The molecule has 116 valence electrons. The van der Waals surface area contributed by atoms with Crippen LogP contribution in [0.25, 0.3) is 0 Å². The number of anilines is 1. The van der Waals surface area contributed by atoms with Gasteiger partial charge in [0, 0.05) is 5.69 Å². The van der Waals surface area contributed by atoms with Crippen LogP contribution in [0.5, 0.6) is 0 Å². The van der Waals surface area contributed by atoms with Crippen molar-refractivity contribution in [1.29, 1.82) is 0 Å². The van der Waals surface area contributed by atoms with Crippen LogP contribution < -0.4 is 10.6 Å². The summed E-state index contributed by atoms with van der Waals surface area (Å²) in [6.45, 7) is 7.76. The summed E-state index contributed by atoms with van der Waals surface area (Å²) in [7, 11) is 0. The van der Waals surface area contributed by atoms with Gasteiger partial charge < -0.3 is 15.7 Å². The topological polar surface area (TPSA) is 78.4 Å². The first-order valence-corrected chi connectivity index (χ1v) is 7.11. The van der Waals surface area contributed by atoms with Crippen molar-refractivity contribution in [2.24, 2.45) is 0 Å². The van der Waals surface area contributed by atoms with E-state index >= 15 is 0 Å². The summed E-state index contributed by atoms with van der Waals surface area (Å²) in [6.07, 6.45) is 0.564. The molecule has 0 heterocycles. The zero-order valence-corrected chi connectivity index (χ0v) is 13.1. The first-order valence-electron chi connectivity index (χ1n) is 7.11. The van der Waals surface area contributed by atoms with E-state index in [2.05, 4.69) is 10.6 Å². The van der Waals surface area contributed by atoms with Crippen LogP contribution in [0.15, 0.2) is 24.3 Å². The third kappa shape index (κ3) is 4.86. The van der Waals surface area contributed by atoms with E-state index in [-0.39, 0.29) is 12.0 Å². The van der Waals surface area contributed by atoms with Gasteiger partial charge in [-0.3, -0.25) is 9.59 Å². The van der Waals surface area contributed by atoms with Crippen LogP contribution in [0.3, 0.4) is 0 Å². The van der Waals surface area contributed by atoms with Crippen LogP contribution in [0.4, 0.5) is 5.69 Å². The molecule has 0 aliphatic rings. The van der Waals surface area contributed by atoms with Crippen LogP contribution in [-0.2, 0) is 15.0 Å². The number of amides is 2. The third-order valence-corrected chi connectivity index (χ3v) is 3.24. The second-order valence-corrected chi connectivity index (χ2v) is 6.01. The van der Waals surface area contributed by atoms with Gasteiger partial charge in [0.05, 0.1) is 12.6 Å². The lowest BCUT2D eigenvalue weighted by molar-refractivity contribution is -0.136. The second kappa shape index (κ2) is 7.22. The lowest BCUT2D eigenvalue weighted by Gasteiger charge is -2.23. The van der Waals surface area contributed by atoms with Gasteiger partial charge in [0.2, 0.25) is 0 Å². The Balaban J connectivity index is 2.82. The second-order valence-electron chi connectivity index (χ2n) is 6.01. The maximum Gasteiger partial charge on any atom is 0.313 e. The van der Waals surface area contributed by atoms with Crippen molar-refractivity contribution in [3.05, 3.63) is 29.8 Å². The third-order valence-electron chi connectivity index (χ3n) is 3.24. The highest BCUT2D eigenvalue weighted by molar-refractivity contribution is 6.39. The van der Waals surface area contributed by atoms with E-state index in [0.29, 0.717) is 12.1 Å². The lowest BCUT2D eigenvalue weighted by Crippen LogP contribution is -2.43. The minimum Gasteiger partial charge on any atom is -0.394 e. The van der Waals surface area contributed by atoms with Gasteiger partial charge in [-0.2, -0.15) is 0 Å². The highest BCUT2D eigenvalue weighted by Crippen LogP contribution is 2.29. The molecule has 0 radical (unpaired) electrons. The molecule has 0 bridgehead atoms. The van der Waals surface area contributed by atoms with Gasteiger partial charge in [0.25, 0.3) is 0 Å². The molecule has 0 saturated heterocycles. The largest absolute Gasteiger partial charge is 0.394 e. The van der Waals surface area contributed by atoms with Crippen molar-refractivity contribution in [2.45, 2.75) is 45.6 Å². The molecule has 0 saturated carbocycles. The summed E-state index contributed by atoms with van der Waals surface area (Å²) in [5.74, 6) is -1.46. The van der Waals surface area contributed by atoms with Crippen molar-refractivity contribution < 1.29 is 14.7 Å². The van der Waals surface area contributed by atoms with Crippen molar-refractivity contribution in [2.75, 3.05) is 11.9 Å². The molecule has 0 aliphatic carbocycles. The van der Waals surface area contributed by atoms with Gasteiger partial charge in [0.1, 0.15) is 0 Å².